The highest BCUT2D eigenvalue weighted by Crippen LogP contribution is 2.20. The number of hydrogen-bond acceptors (Lipinski definition) is 2. The number of nitrogens with two attached hydrogens (primary N) is 1. The van der Waals surface area contributed by atoms with Crippen LogP contribution in [-0.2, 0) is 0 Å². The quantitative estimate of drug-likeness (QED) is 0.702. The molecule has 1 aromatic rings. The average Bonchev–Trinajstić information content (AvgIpc) is 2.07. The zero-order chi connectivity index (χ0) is 8.10. The number of alkyl halides is 1. The molecule has 1 atom stereocenters. The Morgan fingerprint density at radius 3 is 2.91 bits per heavy atom. The van der Waals surface area contributed by atoms with Crippen molar-refractivity contribution in [1.82, 2.24) is 4.98 Å². The Balaban J connectivity index is 2.61. The lowest BCUT2D eigenvalue weighted by Gasteiger charge is -2.05. The van der Waals surface area contributed by atoms with Gasteiger partial charge in [-0.2, -0.15) is 0 Å². The van der Waals surface area contributed by atoms with Crippen LogP contribution in [0.1, 0.15) is 17.5 Å². The van der Waals surface area contributed by atoms with Crippen LogP contribution in [0.25, 0.3) is 0 Å². The third-order valence-corrected chi connectivity index (χ3v) is 1.87. The molecule has 1 heterocycles. The second-order valence-corrected chi connectivity index (χ2v) is 2.83. The molecule has 11 heavy (non-hydrogen) atoms. The van der Waals surface area contributed by atoms with E-state index in [0.29, 0.717) is 6.54 Å². The SMILES string of the molecule is NCCC(Cl)c1ccccn1. The van der Waals surface area contributed by atoms with Gasteiger partial charge in [0.05, 0.1) is 11.1 Å². The van der Waals surface area contributed by atoms with Gasteiger partial charge in [-0.15, -0.1) is 11.6 Å². The summed E-state index contributed by atoms with van der Waals surface area (Å²) in [4.78, 5) is 4.11. The maximum absolute atomic E-state index is 5.96. The van der Waals surface area contributed by atoms with Crippen molar-refractivity contribution in [2.24, 2.45) is 5.73 Å². The summed E-state index contributed by atoms with van der Waals surface area (Å²) in [7, 11) is 0. The summed E-state index contributed by atoms with van der Waals surface area (Å²) >= 11 is 5.96. The van der Waals surface area contributed by atoms with Crippen LogP contribution in [0.3, 0.4) is 0 Å². The van der Waals surface area contributed by atoms with E-state index >= 15 is 0 Å². The summed E-state index contributed by atoms with van der Waals surface area (Å²) in [6, 6.07) is 5.71. The molecular weight excluding hydrogens is 160 g/mol. The van der Waals surface area contributed by atoms with Crippen LogP contribution < -0.4 is 5.73 Å². The topological polar surface area (TPSA) is 38.9 Å². The highest BCUT2D eigenvalue weighted by Gasteiger charge is 2.05. The zero-order valence-corrected chi connectivity index (χ0v) is 6.96. The molecule has 1 unspecified atom stereocenters. The largest absolute Gasteiger partial charge is 0.330 e. The Morgan fingerprint density at radius 2 is 2.36 bits per heavy atom. The van der Waals surface area contributed by atoms with E-state index in [2.05, 4.69) is 4.98 Å². The van der Waals surface area contributed by atoms with Crippen molar-refractivity contribution in [2.45, 2.75) is 11.8 Å². The second kappa shape index (κ2) is 4.31. The van der Waals surface area contributed by atoms with E-state index in [-0.39, 0.29) is 5.38 Å². The standard InChI is InChI=1S/C8H11ClN2/c9-7(4-5-10)8-3-1-2-6-11-8/h1-3,6-7H,4-5,10H2. The fourth-order valence-corrected chi connectivity index (χ4v) is 1.11. The summed E-state index contributed by atoms with van der Waals surface area (Å²) < 4.78 is 0. The van der Waals surface area contributed by atoms with Gasteiger partial charge in [0.15, 0.2) is 0 Å². The van der Waals surface area contributed by atoms with Crippen LogP contribution in [-0.4, -0.2) is 11.5 Å². The number of rotatable bonds is 3. The molecule has 0 amide bonds. The maximum Gasteiger partial charge on any atom is 0.0769 e. The third kappa shape index (κ3) is 2.48. The molecular formula is C8H11ClN2. The molecule has 1 aromatic heterocycles. The van der Waals surface area contributed by atoms with E-state index < -0.39 is 0 Å². The van der Waals surface area contributed by atoms with Crippen LogP contribution in [0.5, 0.6) is 0 Å². The van der Waals surface area contributed by atoms with Crippen molar-refractivity contribution in [3.8, 4) is 0 Å². The number of nitrogens with zero attached hydrogens (tertiary/aromatic N) is 1. The second-order valence-electron chi connectivity index (χ2n) is 2.30. The summed E-state index contributed by atoms with van der Waals surface area (Å²) in [6.07, 6.45) is 2.51. The fourth-order valence-electron chi connectivity index (χ4n) is 0.855. The van der Waals surface area contributed by atoms with E-state index in [1.165, 1.54) is 0 Å². The van der Waals surface area contributed by atoms with Crippen molar-refractivity contribution in [1.29, 1.82) is 0 Å². The lowest BCUT2D eigenvalue weighted by atomic mass is 10.2. The molecule has 0 saturated heterocycles. The van der Waals surface area contributed by atoms with Crippen LogP contribution in [0, 0.1) is 0 Å². The Morgan fingerprint density at radius 1 is 1.55 bits per heavy atom. The van der Waals surface area contributed by atoms with Crippen LogP contribution >= 0.6 is 11.6 Å². The van der Waals surface area contributed by atoms with E-state index in [0.717, 1.165) is 12.1 Å². The Bertz CT molecular complexity index is 201. The maximum atomic E-state index is 5.96. The molecule has 3 heteroatoms. The average molecular weight is 171 g/mol. The Hall–Kier alpha value is -0.600. The molecule has 2 N–H and O–H groups in total. The van der Waals surface area contributed by atoms with Crippen LogP contribution in [0.15, 0.2) is 24.4 Å². The molecule has 60 valence electrons. The molecule has 0 fully saturated rings. The molecule has 0 aromatic carbocycles. The predicted octanol–water partition coefficient (Wildman–Crippen LogP) is 1.71. The highest BCUT2D eigenvalue weighted by molar-refractivity contribution is 6.20. The van der Waals surface area contributed by atoms with Crippen LogP contribution in [0.4, 0.5) is 0 Å². The predicted molar refractivity (Wildman–Crippen MR) is 46.5 cm³/mol. The van der Waals surface area contributed by atoms with Gasteiger partial charge in [-0.3, -0.25) is 4.98 Å². The number of halogens is 1. The minimum atomic E-state index is -0.0406. The fraction of sp³-hybridized carbons (Fsp3) is 0.375. The van der Waals surface area contributed by atoms with Gasteiger partial charge in [-0.05, 0) is 25.1 Å². The summed E-state index contributed by atoms with van der Waals surface area (Å²) in [5.74, 6) is 0. The lowest BCUT2D eigenvalue weighted by molar-refractivity contribution is 0.783. The van der Waals surface area contributed by atoms with Gasteiger partial charge >= 0.3 is 0 Å². The van der Waals surface area contributed by atoms with Gasteiger partial charge < -0.3 is 5.73 Å². The lowest BCUT2D eigenvalue weighted by Crippen LogP contribution is -2.03. The van der Waals surface area contributed by atoms with Crippen molar-refractivity contribution in [3.63, 3.8) is 0 Å². The van der Waals surface area contributed by atoms with E-state index in [1.807, 2.05) is 18.2 Å². The monoisotopic (exact) mass is 170 g/mol. The molecule has 2 nitrogen and oxygen atoms in total. The van der Waals surface area contributed by atoms with Gasteiger partial charge in [0.25, 0.3) is 0 Å². The minimum absolute atomic E-state index is 0.0406. The minimum Gasteiger partial charge on any atom is -0.330 e. The zero-order valence-electron chi connectivity index (χ0n) is 6.20. The van der Waals surface area contributed by atoms with E-state index in [9.17, 15) is 0 Å². The molecule has 0 radical (unpaired) electrons. The molecule has 0 aliphatic heterocycles. The van der Waals surface area contributed by atoms with Crippen LogP contribution in [0.2, 0.25) is 0 Å². The molecule has 0 saturated carbocycles. The van der Waals surface area contributed by atoms with Crippen molar-refractivity contribution in [2.75, 3.05) is 6.54 Å². The molecule has 0 aliphatic rings. The number of hydrogen-bond donors (Lipinski definition) is 1. The van der Waals surface area contributed by atoms with Gasteiger partial charge in [0.1, 0.15) is 0 Å². The van der Waals surface area contributed by atoms with E-state index in [1.54, 1.807) is 6.20 Å². The molecule has 0 aliphatic carbocycles. The summed E-state index contributed by atoms with van der Waals surface area (Å²) in [5.41, 5.74) is 6.26. The van der Waals surface area contributed by atoms with Gasteiger partial charge in [0.2, 0.25) is 0 Å². The smallest absolute Gasteiger partial charge is 0.0769 e. The van der Waals surface area contributed by atoms with Gasteiger partial charge in [-0.1, -0.05) is 6.07 Å². The summed E-state index contributed by atoms with van der Waals surface area (Å²) in [5, 5.41) is -0.0406. The van der Waals surface area contributed by atoms with Gasteiger partial charge in [0, 0.05) is 6.20 Å². The normalized spacial score (nSPS) is 12.9. The Kier molecular flexibility index (Phi) is 3.33. The van der Waals surface area contributed by atoms with E-state index in [4.69, 9.17) is 17.3 Å². The molecule has 1 rings (SSSR count). The molecule has 0 bridgehead atoms. The first kappa shape index (κ1) is 8.50. The molecule has 0 spiro atoms. The number of aromatic nitrogens is 1. The number of pyridine rings is 1. The van der Waals surface area contributed by atoms with Crippen molar-refractivity contribution in [3.05, 3.63) is 30.1 Å². The van der Waals surface area contributed by atoms with Crippen molar-refractivity contribution >= 4 is 11.6 Å². The Labute approximate surface area is 71.4 Å². The first-order valence-corrected chi connectivity index (χ1v) is 4.03. The first-order valence-electron chi connectivity index (χ1n) is 3.59. The highest BCUT2D eigenvalue weighted by atomic mass is 35.5. The van der Waals surface area contributed by atoms with Crippen molar-refractivity contribution < 1.29 is 0 Å². The summed E-state index contributed by atoms with van der Waals surface area (Å²) in [6.45, 7) is 0.602. The third-order valence-electron chi connectivity index (χ3n) is 1.43. The van der Waals surface area contributed by atoms with Gasteiger partial charge in [-0.25, -0.2) is 0 Å². The first-order chi connectivity index (χ1) is 5.34.